The number of hydrogen-bond acceptors (Lipinski definition) is 3. The number of benzene rings is 2. The third-order valence-corrected chi connectivity index (χ3v) is 4.18. The molecule has 0 aliphatic carbocycles. The third-order valence-electron chi connectivity index (χ3n) is 3.25. The van der Waals surface area contributed by atoms with Crippen molar-refractivity contribution in [1.29, 1.82) is 0 Å². The molecule has 112 valence electrons. The van der Waals surface area contributed by atoms with E-state index in [2.05, 4.69) is 4.98 Å². The Labute approximate surface area is 125 Å². The standard InChI is InChI=1S/C15H10F2N2O2S/c16-12-8-14(22(18,20)21)13(17)7-11(12)10-5-1-3-9-4-2-6-19-15(9)10/h1-8H,(H2,18,20,21). The van der Waals surface area contributed by atoms with Gasteiger partial charge in [0.25, 0.3) is 0 Å². The molecule has 0 saturated carbocycles. The first kappa shape index (κ1) is 14.6. The average Bonchev–Trinajstić information content (AvgIpc) is 2.47. The van der Waals surface area contributed by atoms with Gasteiger partial charge in [-0.05, 0) is 18.2 Å². The molecule has 0 bridgehead atoms. The predicted molar refractivity (Wildman–Crippen MR) is 78.5 cm³/mol. The molecule has 1 heterocycles. The SMILES string of the molecule is NS(=O)(=O)c1cc(F)c(-c2cccc3cccnc23)cc1F. The number of primary sulfonamides is 1. The summed E-state index contributed by atoms with van der Waals surface area (Å²) >= 11 is 0. The topological polar surface area (TPSA) is 73.1 Å². The number of hydrogen-bond donors (Lipinski definition) is 1. The van der Waals surface area contributed by atoms with Gasteiger partial charge in [0.2, 0.25) is 10.0 Å². The minimum absolute atomic E-state index is 0.0748. The number of rotatable bonds is 2. The second-order valence-electron chi connectivity index (χ2n) is 4.69. The molecular weight excluding hydrogens is 310 g/mol. The number of nitrogens with two attached hydrogens (primary N) is 1. The smallest absolute Gasteiger partial charge is 0.241 e. The Morgan fingerprint density at radius 3 is 2.41 bits per heavy atom. The number of sulfonamides is 1. The minimum Gasteiger partial charge on any atom is -0.256 e. The highest BCUT2D eigenvalue weighted by Crippen LogP contribution is 2.31. The summed E-state index contributed by atoms with van der Waals surface area (Å²) < 4.78 is 50.7. The van der Waals surface area contributed by atoms with Gasteiger partial charge in [0, 0.05) is 22.7 Å². The summed E-state index contributed by atoms with van der Waals surface area (Å²) in [4.78, 5) is 3.29. The van der Waals surface area contributed by atoms with Gasteiger partial charge in [-0.15, -0.1) is 0 Å². The van der Waals surface area contributed by atoms with E-state index in [9.17, 15) is 17.2 Å². The van der Waals surface area contributed by atoms with E-state index in [-0.39, 0.29) is 5.56 Å². The molecule has 0 saturated heterocycles. The van der Waals surface area contributed by atoms with Crippen molar-refractivity contribution < 1.29 is 17.2 Å². The highest BCUT2D eigenvalue weighted by molar-refractivity contribution is 7.89. The van der Waals surface area contributed by atoms with Crippen molar-refractivity contribution in [3.8, 4) is 11.1 Å². The number of halogens is 2. The average molecular weight is 320 g/mol. The molecule has 4 nitrogen and oxygen atoms in total. The van der Waals surface area contributed by atoms with Crippen LogP contribution in [0.1, 0.15) is 0 Å². The second-order valence-corrected chi connectivity index (χ2v) is 6.22. The van der Waals surface area contributed by atoms with Crippen molar-refractivity contribution in [3.05, 3.63) is 60.3 Å². The number of fused-ring (bicyclic) bond motifs is 1. The second kappa shape index (κ2) is 5.11. The van der Waals surface area contributed by atoms with E-state index < -0.39 is 26.6 Å². The van der Waals surface area contributed by atoms with Crippen molar-refractivity contribution >= 4 is 20.9 Å². The highest BCUT2D eigenvalue weighted by atomic mass is 32.2. The molecule has 3 rings (SSSR count). The van der Waals surface area contributed by atoms with Gasteiger partial charge >= 0.3 is 0 Å². The van der Waals surface area contributed by atoms with Gasteiger partial charge in [0.15, 0.2) is 0 Å². The molecule has 3 aromatic rings. The fourth-order valence-electron chi connectivity index (χ4n) is 2.27. The Morgan fingerprint density at radius 1 is 0.955 bits per heavy atom. The molecule has 0 fully saturated rings. The van der Waals surface area contributed by atoms with Crippen LogP contribution in [-0.4, -0.2) is 13.4 Å². The van der Waals surface area contributed by atoms with Gasteiger partial charge in [-0.3, -0.25) is 4.98 Å². The van der Waals surface area contributed by atoms with Crippen LogP contribution < -0.4 is 5.14 Å². The Bertz CT molecular complexity index is 983. The van der Waals surface area contributed by atoms with Crippen LogP contribution in [0.4, 0.5) is 8.78 Å². The molecule has 0 atom stereocenters. The van der Waals surface area contributed by atoms with Gasteiger partial charge in [0.05, 0.1) is 5.52 Å². The molecule has 0 aliphatic heterocycles. The Hall–Kier alpha value is -2.38. The van der Waals surface area contributed by atoms with E-state index in [1.165, 1.54) is 0 Å². The van der Waals surface area contributed by atoms with Crippen LogP contribution in [0.15, 0.2) is 53.6 Å². The van der Waals surface area contributed by atoms with Gasteiger partial charge in [-0.25, -0.2) is 22.3 Å². The lowest BCUT2D eigenvalue weighted by Gasteiger charge is -2.09. The first-order valence-electron chi connectivity index (χ1n) is 6.24. The Kier molecular flexibility index (Phi) is 3.38. The van der Waals surface area contributed by atoms with E-state index >= 15 is 0 Å². The van der Waals surface area contributed by atoms with E-state index in [0.717, 1.165) is 11.5 Å². The number of nitrogens with zero attached hydrogens (tertiary/aromatic N) is 1. The maximum Gasteiger partial charge on any atom is 0.241 e. The van der Waals surface area contributed by atoms with E-state index in [1.54, 1.807) is 36.5 Å². The van der Waals surface area contributed by atoms with E-state index in [0.29, 0.717) is 17.1 Å². The molecule has 1 aromatic heterocycles. The molecule has 7 heteroatoms. The highest BCUT2D eigenvalue weighted by Gasteiger charge is 2.20. The van der Waals surface area contributed by atoms with Crippen molar-refractivity contribution in [1.82, 2.24) is 4.98 Å². The van der Waals surface area contributed by atoms with Gasteiger partial charge in [-0.2, -0.15) is 0 Å². The van der Waals surface area contributed by atoms with Crippen molar-refractivity contribution in [2.45, 2.75) is 4.90 Å². The molecule has 0 aliphatic rings. The molecule has 2 N–H and O–H groups in total. The monoisotopic (exact) mass is 320 g/mol. The Morgan fingerprint density at radius 2 is 1.68 bits per heavy atom. The fraction of sp³-hybridized carbons (Fsp3) is 0. The van der Waals surface area contributed by atoms with E-state index in [1.807, 2.05) is 0 Å². The summed E-state index contributed by atoms with van der Waals surface area (Å²) in [5.41, 5.74) is 0.788. The van der Waals surface area contributed by atoms with Crippen molar-refractivity contribution in [2.75, 3.05) is 0 Å². The summed E-state index contributed by atoms with van der Waals surface area (Å²) in [7, 11) is -4.33. The molecule has 2 aromatic carbocycles. The fourth-order valence-corrected chi connectivity index (χ4v) is 2.87. The number of pyridine rings is 1. The zero-order valence-electron chi connectivity index (χ0n) is 11.1. The van der Waals surface area contributed by atoms with Crippen LogP contribution in [0.25, 0.3) is 22.0 Å². The van der Waals surface area contributed by atoms with Gasteiger partial charge in [-0.1, -0.05) is 24.3 Å². The summed E-state index contributed by atoms with van der Waals surface area (Å²) in [5, 5.41) is 5.62. The predicted octanol–water partition coefficient (Wildman–Crippen LogP) is 2.83. The summed E-state index contributed by atoms with van der Waals surface area (Å²) in [5.74, 6) is -1.99. The maximum atomic E-state index is 14.3. The van der Waals surface area contributed by atoms with E-state index in [4.69, 9.17) is 5.14 Å². The molecular formula is C15H10F2N2O2S. The largest absolute Gasteiger partial charge is 0.256 e. The lowest BCUT2D eigenvalue weighted by atomic mass is 10.0. The summed E-state index contributed by atoms with van der Waals surface area (Å²) in [6.07, 6.45) is 1.54. The first-order valence-corrected chi connectivity index (χ1v) is 7.78. The Balaban J connectivity index is 2.31. The molecule has 0 spiro atoms. The summed E-state index contributed by atoms with van der Waals surface area (Å²) in [6.45, 7) is 0. The maximum absolute atomic E-state index is 14.3. The minimum atomic E-state index is -4.33. The van der Waals surface area contributed by atoms with Crippen molar-refractivity contribution in [2.24, 2.45) is 5.14 Å². The van der Waals surface area contributed by atoms with Crippen LogP contribution in [0.5, 0.6) is 0 Å². The van der Waals surface area contributed by atoms with Crippen LogP contribution in [0, 0.1) is 11.6 Å². The van der Waals surface area contributed by atoms with Gasteiger partial charge in [0.1, 0.15) is 16.5 Å². The quantitative estimate of drug-likeness (QED) is 0.789. The zero-order chi connectivity index (χ0) is 15.9. The molecule has 0 amide bonds. The van der Waals surface area contributed by atoms with Crippen LogP contribution >= 0.6 is 0 Å². The normalized spacial score (nSPS) is 11.8. The lowest BCUT2D eigenvalue weighted by molar-refractivity contribution is 0.555. The van der Waals surface area contributed by atoms with Gasteiger partial charge < -0.3 is 0 Å². The van der Waals surface area contributed by atoms with Crippen LogP contribution in [0.2, 0.25) is 0 Å². The first-order chi connectivity index (χ1) is 10.4. The van der Waals surface area contributed by atoms with Crippen LogP contribution in [0.3, 0.4) is 0 Å². The zero-order valence-corrected chi connectivity index (χ0v) is 11.9. The lowest BCUT2D eigenvalue weighted by Crippen LogP contribution is -2.14. The molecule has 0 radical (unpaired) electrons. The summed E-state index contributed by atoms with van der Waals surface area (Å²) in [6, 6.07) is 9.99. The molecule has 0 unspecified atom stereocenters. The number of para-hydroxylation sites is 1. The third kappa shape index (κ3) is 2.44. The van der Waals surface area contributed by atoms with Crippen molar-refractivity contribution in [3.63, 3.8) is 0 Å². The number of aromatic nitrogens is 1. The van der Waals surface area contributed by atoms with Crippen LogP contribution in [-0.2, 0) is 10.0 Å². The molecule has 22 heavy (non-hydrogen) atoms.